The molecule has 24 heavy (non-hydrogen) atoms. The van der Waals surface area contributed by atoms with Crippen molar-refractivity contribution < 1.29 is 18.3 Å². The molecule has 3 rings (SSSR count). The molecule has 0 bridgehead atoms. The summed E-state index contributed by atoms with van der Waals surface area (Å²) in [6, 6.07) is 14.4. The Morgan fingerprint density at radius 1 is 1.12 bits per heavy atom. The lowest BCUT2D eigenvalue weighted by atomic mass is 9.99. The Labute approximate surface area is 145 Å². The van der Waals surface area contributed by atoms with E-state index in [1.165, 1.54) is 12.1 Å². The fraction of sp³-hybridized carbons (Fsp3) is 0.235. The molecular formula is C17H16ClNO4S. The van der Waals surface area contributed by atoms with Gasteiger partial charge in [-0.05, 0) is 29.8 Å². The summed E-state index contributed by atoms with van der Waals surface area (Å²) in [5.41, 5.74) is 4.80. The molecule has 0 unspecified atom stereocenters. The first-order valence-electron chi connectivity index (χ1n) is 7.33. The summed E-state index contributed by atoms with van der Waals surface area (Å²) in [7, 11) is -3.83. The number of rotatable bonds is 5. The minimum atomic E-state index is -3.83. The summed E-state index contributed by atoms with van der Waals surface area (Å²) in [4.78, 5) is 12.0. The van der Waals surface area contributed by atoms with Crippen LogP contribution in [0.15, 0.2) is 59.5 Å². The fourth-order valence-electron chi connectivity index (χ4n) is 3.35. The van der Waals surface area contributed by atoms with Crippen LogP contribution >= 0.6 is 11.6 Å². The highest BCUT2D eigenvalue weighted by atomic mass is 35.5. The number of carboxylic acids is 1. The topological polar surface area (TPSA) is 97.5 Å². The van der Waals surface area contributed by atoms with E-state index in [1.807, 2.05) is 0 Å². The maximum atomic E-state index is 13.0. The van der Waals surface area contributed by atoms with Gasteiger partial charge in [-0.3, -0.25) is 4.79 Å². The van der Waals surface area contributed by atoms with E-state index >= 15 is 0 Å². The van der Waals surface area contributed by atoms with E-state index < -0.39 is 32.4 Å². The normalized spacial score (nSPS) is 26.1. The van der Waals surface area contributed by atoms with E-state index in [0.717, 1.165) is 0 Å². The summed E-state index contributed by atoms with van der Waals surface area (Å²) < 4.78 is 26.0. The largest absolute Gasteiger partial charge is 0.481 e. The van der Waals surface area contributed by atoms with E-state index in [0.29, 0.717) is 10.6 Å². The Morgan fingerprint density at radius 3 is 2.21 bits per heavy atom. The zero-order chi connectivity index (χ0) is 17.5. The number of hydrogen-bond acceptors (Lipinski definition) is 4. The van der Waals surface area contributed by atoms with Crippen LogP contribution < -0.4 is 5.73 Å². The molecule has 5 nitrogen and oxygen atoms in total. The van der Waals surface area contributed by atoms with Gasteiger partial charge in [-0.15, -0.1) is 0 Å². The second-order valence-corrected chi connectivity index (χ2v) is 8.36. The summed E-state index contributed by atoms with van der Waals surface area (Å²) in [6.07, 6.45) is 0. The van der Waals surface area contributed by atoms with Crippen molar-refractivity contribution in [3.8, 4) is 0 Å². The number of halogens is 1. The van der Waals surface area contributed by atoms with Crippen LogP contribution in [0.4, 0.5) is 0 Å². The number of carboxylic acid groups (broad SMARTS) is 1. The molecule has 2 aromatic carbocycles. The first kappa shape index (κ1) is 17.0. The fourth-order valence-corrected chi connectivity index (χ4v) is 5.88. The molecule has 0 aliphatic heterocycles. The third kappa shape index (κ3) is 2.42. The zero-order valence-electron chi connectivity index (χ0n) is 12.6. The van der Waals surface area contributed by atoms with Gasteiger partial charge in [0.25, 0.3) is 0 Å². The third-order valence-corrected chi connectivity index (χ3v) is 7.17. The van der Waals surface area contributed by atoms with Gasteiger partial charge in [0.1, 0.15) is 5.41 Å². The van der Waals surface area contributed by atoms with Crippen molar-refractivity contribution in [1.29, 1.82) is 0 Å². The molecule has 7 heteroatoms. The van der Waals surface area contributed by atoms with Crippen molar-refractivity contribution in [3.63, 3.8) is 0 Å². The molecule has 1 saturated carbocycles. The number of sulfone groups is 1. The number of carbonyl (C=O) groups is 1. The first-order chi connectivity index (χ1) is 11.4. The molecule has 2 aromatic rings. The number of hydrogen-bond donors (Lipinski definition) is 2. The van der Waals surface area contributed by atoms with E-state index in [9.17, 15) is 18.3 Å². The predicted octanol–water partition coefficient (Wildman–Crippen LogP) is 2.31. The quantitative estimate of drug-likeness (QED) is 0.847. The van der Waals surface area contributed by atoms with E-state index in [-0.39, 0.29) is 11.4 Å². The lowest BCUT2D eigenvalue weighted by Crippen LogP contribution is -2.31. The first-order valence-corrected chi connectivity index (χ1v) is 9.26. The van der Waals surface area contributed by atoms with Crippen molar-refractivity contribution in [2.24, 2.45) is 11.1 Å². The molecule has 3 atom stereocenters. The van der Waals surface area contributed by atoms with Gasteiger partial charge in [-0.1, -0.05) is 41.9 Å². The molecular weight excluding hydrogens is 350 g/mol. The average Bonchev–Trinajstić information content (AvgIpc) is 3.28. The van der Waals surface area contributed by atoms with Gasteiger partial charge >= 0.3 is 5.97 Å². The molecule has 0 amide bonds. The van der Waals surface area contributed by atoms with Crippen LogP contribution in [-0.4, -0.2) is 31.3 Å². The second kappa shape index (κ2) is 5.88. The number of nitrogens with two attached hydrogens (primary N) is 1. The SMILES string of the molecule is NC[C@@]1(C(=O)O)[C@H](S(=O)(=O)c2ccccc2)[C@@H]1c1ccc(Cl)cc1. The highest BCUT2D eigenvalue weighted by Crippen LogP contribution is 2.63. The van der Waals surface area contributed by atoms with Crippen molar-refractivity contribution in [3.05, 3.63) is 65.2 Å². The summed E-state index contributed by atoms with van der Waals surface area (Å²) in [5, 5.41) is 9.10. The van der Waals surface area contributed by atoms with Crippen molar-refractivity contribution >= 4 is 27.4 Å². The zero-order valence-corrected chi connectivity index (χ0v) is 14.2. The summed E-state index contributed by atoms with van der Waals surface area (Å²) in [6.45, 7) is -0.258. The molecule has 1 aliphatic carbocycles. The van der Waals surface area contributed by atoms with Gasteiger partial charge in [0, 0.05) is 17.5 Å². The van der Waals surface area contributed by atoms with Crippen LogP contribution in [0.25, 0.3) is 0 Å². The summed E-state index contributed by atoms with van der Waals surface area (Å²) >= 11 is 5.87. The Morgan fingerprint density at radius 2 is 1.71 bits per heavy atom. The summed E-state index contributed by atoms with van der Waals surface area (Å²) in [5.74, 6) is -1.91. The lowest BCUT2D eigenvalue weighted by molar-refractivity contribution is -0.143. The number of aliphatic carboxylic acids is 1. The number of benzene rings is 2. The lowest BCUT2D eigenvalue weighted by Gasteiger charge is -2.10. The van der Waals surface area contributed by atoms with E-state index in [2.05, 4.69) is 0 Å². The van der Waals surface area contributed by atoms with Crippen molar-refractivity contribution in [2.45, 2.75) is 16.1 Å². The molecule has 0 radical (unpaired) electrons. The molecule has 3 N–H and O–H groups in total. The van der Waals surface area contributed by atoms with Crippen LogP contribution in [0.2, 0.25) is 5.02 Å². The molecule has 0 heterocycles. The van der Waals surface area contributed by atoms with Crippen LogP contribution in [0.1, 0.15) is 11.5 Å². The van der Waals surface area contributed by atoms with Crippen LogP contribution in [0.5, 0.6) is 0 Å². The molecule has 1 fully saturated rings. The molecule has 1 aliphatic rings. The van der Waals surface area contributed by atoms with Gasteiger partial charge in [0.05, 0.1) is 10.1 Å². The van der Waals surface area contributed by atoms with Gasteiger partial charge in [-0.2, -0.15) is 0 Å². The minimum Gasteiger partial charge on any atom is -0.481 e. The van der Waals surface area contributed by atoms with Gasteiger partial charge in [0.15, 0.2) is 9.84 Å². The average molecular weight is 366 g/mol. The maximum absolute atomic E-state index is 13.0. The van der Waals surface area contributed by atoms with Gasteiger partial charge < -0.3 is 10.8 Å². The standard InChI is InChI=1S/C17H16ClNO4S/c18-12-8-6-11(7-9-12)14-15(17(14,10-19)16(20)21)24(22,23)13-4-2-1-3-5-13/h1-9,14-15H,10,19H2,(H,20,21)/t14-,15+,17-/m0/s1. The van der Waals surface area contributed by atoms with Crippen molar-refractivity contribution in [1.82, 2.24) is 0 Å². The molecule has 0 aromatic heterocycles. The Kier molecular flexibility index (Phi) is 4.15. The highest BCUT2D eigenvalue weighted by molar-refractivity contribution is 7.92. The maximum Gasteiger partial charge on any atom is 0.312 e. The van der Waals surface area contributed by atoms with Crippen LogP contribution in [0, 0.1) is 5.41 Å². The molecule has 126 valence electrons. The van der Waals surface area contributed by atoms with E-state index in [1.54, 1.807) is 42.5 Å². The second-order valence-electron chi connectivity index (χ2n) is 5.86. The molecule has 0 spiro atoms. The van der Waals surface area contributed by atoms with Gasteiger partial charge in [0.2, 0.25) is 0 Å². The van der Waals surface area contributed by atoms with Gasteiger partial charge in [-0.25, -0.2) is 8.42 Å². The monoisotopic (exact) mass is 365 g/mol. The molecule has 0 saturated heterocycles. The third-order valence-electron chi connectivity index (χ3n) is 4.63. The minimum absolute atomic E-state index is 0.102. The van der Waals surface area contributed by atoms with Crippen LogP contribution in [0.3, 0.4) is 0 Å². The van der Waals surface area contributed by atoms with Crippen molar-refractivity contribution in [2.75, 3.05) is 6.54 Å². The Balaban J connectivity index is 2.11. The highest BCUT2D eigenvalue weighted by Gasteiger charge is 2.75. The predicted molar refractivity (Wildman–Crippen MR) is 90.7 cm³/mol. The smallest absolute Gasteiger partial charge is 0.312 e. The van der Waals surface area contributed by atoms with E-state index in [4.69, 9.17) is 17.3 Å². The van der Waals surface area contributed by atoms with Crippen LogP contribution in [-0.2, 0) is 14.6 Å². The Hall–Kier alpha value is -1.89. The Bertz CT molecular complexity index is 867.